The zero-order valence-electron chi connectivity index (χ0n) is 11.0. The second-order valence-corrected chi connectivity index (χ2v) is 4.54. The second-order valence-electron chi connectivity index (χ2n) is 4.54. The molecule has 18 heavy (non-hydrogen) atoms. The molecular formula is C14H18Cl2NTi. The summed E-state index contributed by atoms with van der Waals surface area (Å²) in [5.74, 6) is 0.587. The molecular weight excluding hydrogens is 301 g/mol. The van der Waals surface area contributed by atoms with E-state index >= 15 is 0 Å². The van der Waals surface area contributed by atoms with Crippen LogP contribution in [0, 0.1) is 6.08 Å². The molecule has 0 N–H and O–H groups in total. The van der Waals surface area contributed by atoms with Gasteiger partial charge in [0.05, 0.1) is 0 Å². The number of hydrogen-bond donors (Lipinski definition) is 0. The van der Waals surface area contributed by atoms with Crippen LogP contribution in [-0.4, -0.2) is 25.5 Å². The summed E-state index contributed by atoms with van der Waals surface area (Å²) in [7, 11) is 4.26. The Morgan fingerprint density at radius 2 is 1.78 bits per heavy atom. The van der Waals surface area contributed by atoms with Crippen molar-refractivity contribution in [1.82, 2.24) is 4.90 Å². The number of hydrogen-bond acceptors (Lipinski definition) is 1. The summed E-state index contributed by atoms with van der Waals surface area (Å²) in [6.45, 7) is 3.33. The van der Waals surface area contributed by atoms with Gasteiger partial charge in [0.15, 0.2) is 0 Å². The van der Waals surface area contributed by atoms with Crippen LogP contribution in [0.5, 0.6) is 0 Å². The molecule has 1 aromatic carbocycles. The number of allylic oxidation sites excluding steroid dienone is 1. The van der Waals surface area contributed by atoms with E-state index in [1.807, 2.05) is 0 Å². The first-order valence-electron chi connectivity index (χ1n) is 5.52. The topological polar surface area (TPSA) is 3.24 Å². The van der Waals surface area contributed by atoms with Gasteiger partial charge in [-0.15, -0.1) is 23.3 Å². The van der Waals surface area contributed by atoms with Crippen LogP contribution in [0.3, 0.4) is 0 Å². The van der Waals surface area contributed by atoms with E-state index in [4.69, 9.17) is 0 Å². The third kappa shape index (κ3) is 4.71. The van der Waals surface area contributed by atoms with Gasteiger partial charge in [0.1, 0.15) is 0 Å². The van der Waals surface area contributed by atoms with Crippen molar-refractivity contribution in [1.29, 1.82) is 0 Å². The van der Waals surface area contributed by atoms with Gasteiger partial charge in [0, 0.05) is 0 Å². The van der Waals surface area contributed by atoms with Crippen LogP contribution in [0.4, 0.5) is 0 Å². The van der Waals surface area contributed by atoms with E-state index in [-0.39, 0.29) is 46.5 Å². The molecule has 1 atom stereocenters. The molecule has 1 aliphatic rings. The predicted octanol–water partition coefficient (Wildman–Crippen LogP) is -3.16. The Balaban J connectivity index is 0. The number of benzene rings is 1. The molecule has 0 aromatic heterocycles. The minimum absolute atomic E-state index is 0. The van der Waals surface area contributed by atoms with E-state index in [0.717, 1.165) is 6.54 Å². The van der Waals surface area contributed by atoms with Crippen LogP contribution in [0.2, 0.25) is 0 Å². The van der Waals surface area contributed by atoms with Gasteiger partial charge in [0.25, 0.3) is 0 Å². The number of halogens is 2. The molecule has 0 amide bonds. The summed E-state index contributed by atoms with van der Waals surface area (Å²) in [4.78, 5) is 2.24. The van der Waals surface area contributed by atoms with Gasteiger partial charge < -0.3 is 29.7 Å². The minimum Gasteiger partial charge on any atom is -1.00 e. The molecule has 1 aromatic rings. The zero-order valence-corrected chi connectivity index (χ0v) is 14.1. The molecule has 0 spiro atoms. The van der Waals surface area contributed by atoms with E-state index in [1.54, 1.807) is 0 Å². The average molecular weight is 319 g/mol. The normalized spacial score (nSPS) is 16.0. The fraction of sp³-hybridized carbons (Fsp3) is 0.429. The van der Waals surface area contributed by atoms with Crippen LogP contribution >= 0.6 is 0 Å². The smallest absolute Gasteiger partial charge is 1.00 e. The molecule has 1 unspecified atom stereocenters. The summed E-state index contributed by atoms with van der Waals surface area (Å²) < 4.78 is 0. The van der Waals surface area contributed by atoms with E-state index in [2.05, 4.69) is 56.3 Å². The molecule has 0 saturated carbocycles. The second kappa shape index (κ2) is 9.17. The molecule has 97 valence electrons. The summed E-state index contributed by atoms with van der Waals surface area (Å²) in [5.41, 5.74) is 4.13. The fourth-order valence-electron chi connectivity index (χ4n) is 2.21. The van der Waals surface area contributed by atoms with Crippen molar-refractivity contribution >= 4 is 0 Å². The quantitative estimate of drug-likeness (QED) is 0.420. The third-order valence-corrected chi connectivity index (χ3v) is 3.06. The summed E-state index contributed by atoms with van der Waals surface area (Å²) in [6, 6.07) is 8.61. The summed E-state index contributed by atoms with van der Waals surface area (Å²) in [5, 5.41) is 0. The van der Waals surface area contributed by atoms with Gasteiger partial charge in [-0.1, -0.05) is 18.9 Å². The van der Waals surface area contributed by atoms with Crippen LogP contribution in [0.1, 0.15) is 30.4 Å². The van der Waals surface area contributed by atoms with Crippen LogP contribution in [0.25, 0.3) is 0 Å². The van der Waals surface area contributed by atoms with Gasteiger partial charge in [-0.25, -0.2) is 0 Å². The summed E-state index contributed by atoms with van der Waals surface area (Å²) in [6.07, 6.45) is 4.67. The predicted molar refractivity (Wildman–Crippen MR) is 63.9 cm³/mol. The van der Waals surface area contributed by atoms with E-state index < -0.39 is 0 Å². The van der Waals surface area contributed by atoms with Crippen LogP contribution in [-0.2, 0) is 21.7 Å². The Morgan fingerprint density at radius 1 is 1.17 bits per heavy atom. The standard InChI is InChI=1S/C14H18N.2ClH.Ti/c1-11-10-12-6-4-5-7-14(12)13(11)8-9-15(2)3;;;/h4-7,13H,8-9H2,1-3H3;2*1H;/q-1;;;+3/p-2. The number of rotatable bonds is 3. The Labute approximate surface area is 138 Å². The zero-order chi connectivity index (χ0) is 10.8. The Bertz CT molecular complexity index is 391. The van der Waals surface area contributed by atoms with Crippen molar-refractivity contribution in [3.63, 3.8) is 0 Å². The van der Waals surface area contributed by atoms with Gasteiger partial charge >= 0.3 is 21.7 Å². The van der Waals surface area contributed by atoms with Gasteiger partial charge in [-0.2, -0.15) is 17.7 Å². The first kappa shape index (κ1) is 20.5. The van der Waals surface area contributed by atoms with Crippen molar-refractivity contribution in [3.8, 4) is 0 Å². The SMILES string of the molecule is CC1=[C-]c2ccccc2C1CCN(C)C.[Cl-].[Cl-].[Ti+3]. The van der Waals surface area contributed by atoms with Gasteiger partial charge in [-0.3, -0.25) is 0 Å². The van der Waals surface area contributed by atoms with Crippen molar-refractivity contribution in [2.45, 2.75) is 19.3 Å². The first-order valence-corrected chi connectivity index (χ1v) is 5.52. The van der Waals surface area contributed by atoms with Crippen molar-refractivity contribution < 1.29 is 46.5 Å². The third-order valence-electron chi connectivity index (χ3n) is 3.06. The summed E-state index contributed by atoms with van der Waals surface area (Å²) >= 11 is 0. The number of fused-ring (bicyclic) bond motifs is 1. The van der Waals surface area contributed by atoms with E-state index in [0.29, 0.717) is 5.92 Å². The molecule has 2 rings (SSSR count). The fourth-order valence-corrected chi connectivity index (χ4v) is 2.21. The van der Waals surface area contributed by atoms with Crippen LogP contribution in [0.15, 0.2) is 29.8 Å². The van der Waals surface area contributed by atoms with Crippen molar-refractivity contribution in [2.75, 3.05) is 20.6 Å². The van der Waals surface area contributed by atoms with Crippen LogP contribution < -0.4 is 24.8 Å². The van der Waals surface area contributed by atoms with E-state index in [9.17, 15) is 0 Å². The largest absolute Gasteiger partial charge is 3.00 e. The molecule has 0 fully saturated rings. The maximum absolute atomic E-state index is 3.47. The molecule has 0 heterocycles. The first-order chi connectivity index (χ1) is 7.18. The average Bonchev–Trinajstić information content (AvgIpc) is 2.50. The Morgan fingerprint density at radius 3 is 2.39 bits per heavy atom. The van der Waals surface area contributed by atoms with Gasteiger partial charge in [0.2, 0.25) is 0 Å². The molecule has 4 heteroatoms. The molecule has 0 bridgehead atoms. The Kier molecular flexibility index (Phi) is 10.5. The van der Waals surface area contributed by atoms with Crippen molar-refractivity contribution in [2.24, 2.45) is 0 Å². The maximum atomic E-state index is 3.47. The van der Waals surface area contributed by atoms with Gasteiger partial charge in [-0.05, 0) is 27.1 Å². The molecule has 0 aliphatic heterocycles. The maximum Gasteiger partial charge on any atom is 3.00 e. The van der Waals surface area contributed by atoms with Crippen molar-refractivity contribution in [3.05, 3.63) is 47.0 Å². The molecule has 0 saturated heterocycles. The number of nitrogens with zero attached hydrogens (tertiary/aromatic N) is 1. The molecule has 1 aliphatic carbocycles. The molecule has 1 nitrogen and oxygen atoms in total. The Hall–Kier alpha value is 0.214. The van der Waals surface area contributed by atoms with E-state index in [1.165, 1.54) is 23.1 Å². The minimum atomic E-state index is 0. The monoisotopic (exact) mass is 318 g/mol. The molecule has 1 radical (unpaired) electrons.